The van der Waals surface area contributed by atoms with Crippen LogP contribution >= 0.6 is 0 Å². The van der Waals surface area contributed by atoms with Crippen LogP contribution in [0, 0.1) is 13.8 Å². The fourth-order valence-corrected chi connectivity index (χ4v) is 3.99. The highest BCUT2D eigenvalue weighted by Crippen LogP contribution is 2.22. The van der Waals surface area contributed by atoms with Crippen LogP contribution in [0.25, 0.3) is 0 Å². The van der Waals surface area contributed by atoms with Gasteiger partial charge in [-0.2, -0.15) is 0 Å². The van der Waals surface area contributed by atoms with Gasteiger partial charge in [-0.25, -0.2) is 8.42 Å². The molecule has 6 heteroatoms. The van der Waals surface area contributed by atoms with Gasteiger partial charge in [-0.15, -0.1) is 0 Å². The van der Waals surface area contributed by atoms with Gasteiger partial charge in [-0.1, -0.05) is 30.3 Å². The van der Waals surface area contributed by atoms with E-state index in [0.717, 1.165) is 11.1 Å². The van der Waals surface area contributed by atoms with Crippen LogP contribution in [0.1, 0.15) is 27.2 Å². The second kappa shape index (κ2) is 7.17. The summed E-state index contributed by atoms with van der Waals surface area (Å²) in [6, 6.07) is 15.4. The molecule has 5 nitrogen and oxygen atoms in total. The van der Waals surface area contributed by atoms with Gasteiger partial charge in [-0.3, -0.25) is 4.79 Å². The van der Waals surface area contributed by atoms with Gasteiger partial charge in [0.2, 0.25) is 0 Å². The van der Waals surface area contributed by atoms with Crippen LogP contribution in [-0.2, 0) is 15.6 Å². The van der Waals surface area contributed by atoms with Crippen LogP contribution in [0.15, 0.2) is 70.2 Å². The number of sulfone groups is 1. The lowest BCUT2D eigenvalue weighted by Crippen LogP contribution is -2.15. The predicted octanol–water partition coefficient (Wildman–Crippen LogP) is 4.12. The van der Waals surface area contributed by atoms with E-state index >= 15 is 0 Å². The molecule has 1 heterocycles. The van der Waals surface area contributed by atoms with Crippen molar-refractivity contribution in [3.63, 3.8) is 0 Å². The van der Waals surface area contributed by atoms with Crippen molar-refractivity contribution in [2.24, 2.45) is 0 Å². The van der Waals surface area contributed by atoms with Crippen molar-refractivity contribution in [1.29, 1.82) is 0 Å². The maximum atomic E-state index is 12.6. The molecule has 0 aliphatic heterocycles. The van der Waals surface area contributed by atoms with Crippen LogP contribution in [-0.4, -0.2) is 14.3 Å². The first-order valence-electron chi connectivity index (χ1n) is 8.09. The highest BCUT2D eigenvalue weighted by atomic mass is 32.2. The Bertz CT molecular complexity index is 1040. The molecule has 0 radical (unpaired) electrons. The molecule has 0 aliphatic rings. The Hall–Kier alpha value is -2.86. The van der Waals surface area contributed by atoms with Gasteiger partial charge in [0.25, 0.3) is 5.91 Å². The number of nitrogens with one attached hydrogen (secondary N) is 1. The third-order valence-electron chi connectivity index (χ3n) is 4.04. The van der Waals surface area contributed by atoms with Crippen molar-refractivity contribution in [3.05, 3.63) is 83.3 Å². The van der Waals surface area contributed by atoms with Gasteiger partial charge in [0, 0.05) is 11.3 Å². The second-order valence-electron chi connectivity index (χ2n) is 6.12. The predicted molar refractivity (Wildman–Crippen MR) is 99.9 cm³/mol. The summed E-state index contributed by atoms with van der Waals surface area (Å²) in [5, 5.41) is 2.79. The molecule has 0 saturated heterocycles. The summed E-state index contributed by atoms with van der Waals surface area (Å²) in [7, 11) is -3.57. The molecule has 26 heavy (non-hydrogen) atoms. The Kier molecular flexibility index (Phi) is 4.95. The highest BCUT2D eigenvalue weighted by molar-refractivity contribution is 7.90. The monoisotopic (exact) mass is 369 g/mol. The highest BCUT2D eigenvalue weighted by Gasteiger charge is 2.22. The van der Waals surface area contributed by atoms with Gasteiger partial charge in [0.1, 0.15) is 0 Å². The maximum Gasteiger partial charge on any atom is 0.291 e. The van der Waals surface area contributed by atoms with E-state index in [1.807, 2.05) is 32.0 Å². The molecule has 134 valence electrons. The molecular formula is C20H19NO4S. The smallest absolute Gasteiger partial charge is 0.291 e. The van der Waals surface area contributed by atoms with Gasteiger partial charge in [-0.05, 0) is 49.2 Å². The van der Waals surface area contributed by atoms with E-state index < -0.39 is 15.7 Å². The van der Waals surface area contributed by atoms with E-state index in [1.54, 1.807) is 18.2 Å². The summed E-state index contributed by atoms with van der Waals surface area (Å²) >= 11 is 0. The number of carbonyl (C=O) groups excluding carboxylic acids is 1. The number of carbonyl (C=O) groups is 1. The van der Waals surface area contributed by atoms with Gasteiger partial charge < -0.3 is 9.73 Å². The molecule has 0 bridgehead atoms. The molecule has 3 rings (SSSR count). The van der Waals surface area contributed by atoms with E-state index in [0.29, 0.717) is 11.3 Å². The first-order valence-corrected chi connectivity index (χ1v) is 9.75. The summed E-state index contributed by atoms with van der Waals surface area (Å²) in [5.74, 6) is -0.768. The Morgan fingerprint density at radius 3 is 2.50 bits per heavy atom. The lowest BCUT2D eigenvalue weighted by molar-refractivity contribution is 0.0995. The molecule has 0 unspecified atom stereocenters. The summed E-state index contributed by atoms with van der Waals surface area (Å²) in [6.07, 6.45) is 1.33. The minimum Gasteiger partial charge on any atom is -0.459 e. The lowest BCUT2D eigenvalue weighted by atomic mass is 10.1. The Labute approximate surface area is 152 Å². The minimum atomic E-state index is -3.57. The van der Waals surface area contributed by atoms with Crippen molar-refractivity contribution in [1.82, 2.24) is 0 Å². The number of anilines is 1. The van der Waals surface area contributed by atoms with E-state index in [1.165, 1.54) is 24.5 Å². The normalized spacial score (nSPS) is 11.3. The number of hydrogen-bond acceptors (Lipinski definition) is 4. The molecule has 0 saturated carbocycles. The molecule has 1 N–H and O–H groups in total. The molecule has 0 fully saturated rings. The SMILES string of the molecule is Cc1ccc(C)c(NC(=O)c2occc2CS(=O)(=O)c2ccccc2)c1. The van der Waals surface area contributed by atoms with Gasteiger partial charge in [0.15, 0.2) is 15.6 Å². The summed E-state index contributed by atoms with van der Waals surface area (Å²) in [6.45, 7) is 3.82. The number of hydrogen-bond donors (Lipinski definition) is 1. The van der Waals surface area contributed by atoms with Crippen LogP contribution in [0.4, 0.5) is 5.69 Å². The molecule has 0 atom stereocenters. The molecule has 3 aromatic rings. The van der Waals surface area contributed by atoms with Crippen LogP contribution in [0.3, 0.4) is 0 Å². The number of amides is 1. The fourth-order valence-electron chi connectivity index (χ4n) is 2.61. The third kappa shape index (κ3) is 3.86. The van der Waals surface area contributed by atoms with E-state index in [-0.39, 0.29) is 16.4 Å². The number of benzene rings is 2. The average Bonchev–Trinajstić information content (AvgIpc) is 3.06. The molecule has 1 amide bonds. The molecule has 2 aromatic carbocycles. The molecule has 0 aliphatic carbocycles. The molecule has 1 aromatic heterocycles. The van der Waals surface area contributed by atoms with Crippen LogP contribution < -0.4 is 5.32 Å². The average molecular weight is 369 g/mol. The quantitative estimate of drug-likeness (QED) is 0.734. The summed E-state index contributed by atoms with van der Waals surface area (Å²) in [4.78, 5) is 12.8. The standard InChI is InChI=1S/C20H19NO4S/c1-14-8-9-15(2)18(12-14)21-20(22)19-16(10-11-25-19)13-26(23,24)17-6-4-3-5-7-17/h3-12H,13H2,1-2H3,(H,21,22). The van der Waals surface area contributed by atoms with Crippen molar-refractivity contribution >= 4 is 21.4 Å². The first kappa shape index (κ1) is 17.9. The Morgan fingerprint density at radius 2 is 1.77 bits per heavy atom. The molecular weight excluding hydrogens is 350 g/mol. The zero-order valence-electron chi connectivity index (χ0n) is 14.5. The largest absolute Gasteiger partial charge is 0.459 e. The number of aryl methyl sites for hydroxylation is 2. The zero-order chi connectivity index (χ0) is 18.7. The maximum absolute atomic E-state index is 12.6. The van der Waals surface area contributed by atoms with Crippen molar-refractivity contribution in [3.8, 4) is 0 Å². The van der Waals surface area contributed by atoms with E-state index in [4.69, 9.17) is 4.42 Å². The van der Waals surface area contributed by atoms with Crippen LogP contribution in [0.2, 0.25) is 0 Å². The van der Waals surface area contributed by atoms with Gasteiger partial charge in [0.05, 0.1) is 16.9 Å². The third-order valence-corrected chi connectivity index (χ3v) is 5.72. The minimum absolute atomic E-state index is 0.00501. The fraction of sp³-hybridized carbons (Fsp3) is 0.150. The lowest BCUT2D eigenvalue weighted by Gasteiger charge is -2.09. The number of furan rings is 1. The van der Waals surface area contributed by atoms with Crippen molar-refractivity contribution < 1.29 is 17.6 Å². The van der Waals surface area contributed by atoms with Crippen molar-refractivity contribution in [2.45, 2.75) is 24.5 Å². The van der Waals surface area contributed by atoms with Gasteiger partial charge >= 0.3 is 0 Å². The van der Waals surface area contributed by atoms with E-state index in [2.05, 4.69) is 5.32 Å². The summed E-state index contributed by atoms with van der Waals surface area (Å²) < 4.78 is 30.4. The van der Waals surface area contributed by atoms with Crippen molar-refractivity contribution in [2.75, 3.05) is 5.32 Å². The second-order valence-corrected chi connectivity index (χ2v) is 8.11. The van der Waals surface area contributed by atoms with E-state index in [9.17, 15) is 13.2 Å². The number of rotatable bonds is 5. The van der Waals surface area contributed by atoms with Crippen LogP contribution in [0.5, 0.6) is 0 Å². The summed E-state index contributed by atoms with van der Waals surface area (Å²) in [5.41, 5.74) is 2.92. The molecule has 0 spiro atoms. The topological polar surface area (TPSA) is 76.4 Å². The first-order chi connectivity index (χ1) is 12.4. The Balaban J connectivity index is 1.84. The Morgan fingerprint density at radius 1 is 1.04 bits per heavy atom. The zero-order valence-corrected chi connectivity index (χ0v) is 15.3.